The lowest BCUT2D eigenvalue weighted by Gasteiger charge is -2.19. The summed E-state index contributed by atoms with van der Waals surface area (Å²) in [6, 6.07) is 3.69. The first-order valence-corrected chi connectivity index (χ1v) is 8.28. The molecule has 0 unspecified atom stereocenters. The van der Waals surface area contributed by atoms with Gasteiger partial charge >= 0.3 is 0 Å². The highest BCUT2D eigenvalue weighted by molar-refractivity contribution is 5.89. The van der Waals surface area contributed by atoms with Crippen LogP contribution in [0.3, 0.4) is 0 Å². The lowest BCUT2D eigenvalue weighted by Crippen LogP contribution is -2.35. The second-order valence-corrected chi connectivity index (χ2v) is 6.16. The fourth-order valence-electron chi connectivity index (χ4n) is 2.64. The van der Waals surface area contributed by atoms with E-state index in [9.17, 15) is 9.59 Å². The Morgan fingerprint density at radius 1 is 1.50 bits per heavy atom. The van der Waals surface area contributed by atoms with Gasteiger partial charge in [0.2, 0.25) is 17.7 Å². The first-order chi connectivity index (χ1) is 11.5. The van der Waals surface area contributed by atoms with Gasteiger partial charge in [-0.05, 0) is 27.1 Å². The normalized spacial score (nSPS) is 17.4. The predicted molar refractivity (Wildman–Crippen MR) is 90.5 cm³/mol. The molecule has 1 fully saturated rings. The number of aromatic nitrogens is 1. The van der Waals surface area contributed by atoms with E-state index in [1.165, 1.54) is 0 Å². The van der Waals surface area contributed by atoms with Gasteiger partial charge in [-0.25, -0.2) is 4.98 Å². The SMILES string of the molecule is CCOc1ncccc1CNC(=O)[C@@H]1CC(=O)N(CCN(C)C)C1. The number of likely N-dealkylation sites (N-methyl/N-ethyl adjacent to an activating group) is 1. The van der Waals surface area contributed by atoms with Crippen LogP contribution in [0.5, 0.6) is 5.88 Å². The van der Waals surface area contributed by atoms with Crippen molar-refractivity contribution in [2.75, 3.05) is 40.3 Å². The molecule has 0 aliphatic carbocycles. The highest BCUT2D eigenvalue weighted by Crippen LogP contribution is 2.19. The van der Waals surface area contributed by atoms with Crippen LogP contribution in [0.15, 0.2) is 18.3 Å². The summed E-state index contributed by atoms with van der Waals surface area (Å²) in [5, 5.41) is 2.90. The van der Waals surface area contributed by atoms with Crippen LogP contribution in [-0.4, -0.2) is 66.9 Å². The summed E-state index contributed by atoms with van der Waals surface area (Å²) in [6.45, 7) is 4.72. The molecule has 2 rings (SSSR count). The number of nitrogens with zero attached hydrogens (tertiary/aromatic N) is 3. The lowest BCUT2D eigenvalue weighted by molar-refractivity contribution is -0.129. The van der Waals surface area contributed by atoms with Gasteiger partial charge in [0, 0.05) is 44.4 Å². The minimum absolute atomic E-state index is 0.0494. The largest absolute Gasteiger partial charge is 0.478 e. The van der Waals surface area contributed by atoms with E-state index in [2.05, 4.69) is 10.3 Å². The van der Waals surface area contributed by atoms with Crippen molar-refractivity contribution in [2.24, 2.45) is 5.92 Å². The molecule has 0 bridgehead atoms. The number of hydrogen-bond acceptors (Lipinski definition) is 5. The number of nitrogens with one attached hydrogen (secondary N) is 1. The number of pyridine rings is 1. The number of likely N-dealkylation sites (tertiary alicyclic amines) is 1. The molecule has 2 amide bonds. The van der Waals surface area contributed by atoms with E-state index in [0.29, 0.717) is 32.1 Å². The Morgan fingerprint density at radius 2 is 2.29 bits per heavy atom. The van der Waals surface area contributed by atoms with Gasteiger partial charge in [0.15, 0.2) is 0 Å². The molecule has 0 saturated carbocycles. The minimum atomic E-state index is -0.285. The average molecular weight is 334 g/mol. The molecule has 0 radical (unpaired) electrons. The molecule has 0 spiro atoms. The summed E-state index contributed by atoms with van der Waals surface area (Å²) in [5.41, 5.74) is 0.835. The third-order valence-electron chi connectivity index (χ3n) is 3.99. The van der Waals surface area contributed by atoms with E-state index >= 15 is 0 Å². The molecule has 2 heterocycles. The molecule has 1 saturated heterocycles. The first-order valence-electron chi connectivity index (χ1n) is 8.28. The van der Waals surface area contributed by atoms with Crippen LogP contribution in [0.1, 0.15) is 18.9 Å². The summed E-state index contributed by atoms with van der Waals surface area (Å²) < 4.78 is 5.45. The van der Waals surface area contributed by atoms with E-state index in [1.807, 2.05) is 38.1 Å². The van der Waals surface area contributed by atoms with Crippen LogP contribution in [0.2, 0.25) is 0 Å². The van der Waals surface area contributed by atoms with Crippen molar-refractivity contribution in [2.45, 2.75) is 19.9 Å². The van der Waals surface area contributed by atoms with Crippen molar-refractivity contribution < 1.29 is 14.3 Å². The van der Waals surface area contributed by atoms with Crippen LogP contribution >= 0.6 is 0 Å². The zero-order chi connectivity index (χ0) is 17.5. The molecule has 1 aromatic heterocycles. The molecule has 1 N–H and O–H groups in total. The molecular formula is C17H26N4O3. The molecular weight excluding hydrogens is 308 g/mol. The summed E-state index contributed by atoms with van der Waals surface area (Å²) in [4.78, 5) is 32.3. The zero-order valence-electron chi connectivity index (χ0n) is 14.6. The monoisotopic (exact) mass is 334 g/mol. The van der Waals surface area contributed by atoms with Crippen molar-refractivity contribution in [1.29, 1.82) is 0 Å². The van der Waals surface area contributed by atoms with Gasteiger partial charge in [0.1, 0.15) is 0 Å². The quantitative estimate of drug-likeness (QED) is 0.750. The highest BCUT2D eigenvalue weighted by Gasteiger charge is 2.33. The molecule has 24 heavy (non-hydrogen) atoms. The fraction of sp³-hybridized carbons (Fsp3) is 0.588. The number of carbonyl (C=O) groups excluding carboxylic acids is 2. The number of hydrogen-bond donors (Lipinski definition) is 1. The third kappa shape index (κ3) is 4.92. The lowest BCUT2D eigenvalue weighted by atomic mass is 10.1. The van der Waals surface area contributed by atoms with Gasteiger partial charge < -0.3 is 19.9 Å². The highest BCUT2D eigenvalue weighted by atomic mass is 16.5. The zero-order valence-corrected chi connectivity index (χ0v) is 14.6. The Balaban J connectivity index is 1.86. The summed E-state index contributed by atoms with van der Waals surface area (Å²) in [5.74, 6) is 0.206. The topological polar surface area (TPSA) is 74.8 Å². The maximum absolute atomic E-state index is 12.4. The Bertz CT molecular complexity index is 577. The van der Waals surface area contributed by atoms with Crippen molar-refractivity contribution >= 4 is 11.8 Å². The van der Waals surface area contributed by atoms with Gasteiger partial charge in [-0.15, -0.1) is 0 Å². The van der Waals surface area contributed by atoms with Gasteiger partial charge in [-0.2, -0.15) is 0 Å². The summed E-state index contributed by atoms with van der Waals surface area (Å²) in [7, 11) is 3.93. The van der Waals surface area contributed by atoms with Gasteiger partial charge in [-0.3, -0.25) is 9.59 Å². The van der Waals surface area contributed by atoms with Crippen LogP contribution in [-0.2, 0) is 16.1 Å². The minimum Gasteiger partial charge on any atom is -0.478 e. The third-order valence-corrected chi connectivity index (χ3v) is 3.99. The summed E-state index contributed by atoms with van der Waals surface area (Å²) in [6.07, 6.45) is 1.94. The Hall–Kier alpha value is -2.15. The molecule has 7 heteroatoms. The van der Waals surface area contributed by atoms with E-state index in [0.717, 1.165) is 12.1 Å². The molecule has 132 valence electrons. The second-order valence-electron chi connectivity index (χ2n) is 6.16. The van der Waals surface area contributed by atoms with Crippen LogP contribution in [0.4, 0.5) is 0 Å². The molecule has 0 aromatic carbocycles. The van der Waals surface area contributed by atoms with Crippen molar-refractivity contribution in [3.63, 3.8) is 0 Å². The number of amides is 2. The predicted octanol–water partition coefficient (Wildman–Crippen LogP) is 0.507. The van der Waals surface area contributed by atoms with Crippen molar-refractivity contribution in [1.82, 2.24) is 20.1 Å². The number of ether oxygens (including phenoxy) is 1. The van der Waals surface area contributed by atoms with Crippen molar-refractivity contribution in [3.8, 4) is 5.88 Å². The smallest absolute Gasteiger partial charge is 0.225 e. The first kappa shape index (κ1) is 18.2. The maximum atomic E-state index is 12.4. The molecule has 1 atom stereocenters. The number of carbonyl (C=O) groups is 2. The maximum Gasteiger partial charge on any atom is 0.225 e. The van der Waals surface area contributed by atoms with Crippen LogP contribution in [0.25, 0.3) is 0 Å². The Morgan fingerprint density at radius 3 is 3.00 bits per heavy atom. The van der Waals surface area contributed by atoms with E-state index in [1.54, 1.807) is 11.1 Å². The average Bonchev–Trinajstić information content (AvgIpc) is 2.93. The Kier molecular flexibility index (Phi) is 6.54. The van der Waals surface area contributed by atoms with Crippen LogP contribution < -0.4 is 10.1 Å². The standard InChI is InChI=1S/C17H26N4O3/c1-4-24-17-13(6-5-7-18-17)11-19-16(23)14-10-15(22)21(12-14)9-8-20(2)3/h5-7,14H,4,8-12H2,1-3H3,(H,19,23)/t14-/m1/s1. The van der Waals surface area contributed by atoms with Gasteiger partial charge in [-0.1, -0.05) is 6.07 Å². The Labute approximate surface area is 143 Å². The number of rotatable bonds is 8. The van der Waals surface area contributed by atoms with E-state index < -0.39 is 0 Å². The summed E-state index contributed by atoms with van der Waals surface area (Å²) >= 11 is 0. The molecule has 7 nitrogen and oxygen atoms in total. The van der Waals surface area contributed by atoms with Crippen molar-refractivity contribution in [3.05, 3.63) is 23.9 Å². The second kappa shape index (κ2) is 8.63. The van der Waals surface area contributed by atoms with Gasteiger partial charge in [0.05, 0.1) is 12.5 Å². The van der Waals surface area contributed by atoms with Crippen LogP contribution in [0, 0.1) is 5.92 Å². The molecule has 1 aliphatic heterocycles. The molecule has 1 aromatic rings. The van der Waals surface area contributed by atoms with E-state index in [4.69, 9.17) is 4.74 Å². The van der Waals surface area contributed by atoms with Gasteiger partial charge in [0.25, 0.3) is 0 Å². The molecule has 1 aliphatic rings. The van der Waals surface area contributed by atoms with E-state index in [-0.39, 0.29) is 24.2 Å². The fourth-order valence-corrected chi connectivity index (χ4v) is 2.64.